The summed E-state index contributed by atoms with van der Waals surface area (Å²) < 4.78 is 0. The number of nitrogens with zero attached hydrogens (tertiary/aromatic N) is 1. The maximum atomic E-state index is 5.50. The molecule has 2 aromatic rings. The Bertz CT molecular complexity index is 400. The Morgan fingerprint density at radius 1 is 1.23 bits per heavy atom. The minimum Gasteiger partial charge on any atom is -0.382 e. The van der Waals surface area contributed by atoms with Crippen LogP contribution in [0.15, 0.2) is 30.5 Å². The van der Waals surface area contributed by atoms with E-state index >= 15 is 0 Å². The summed E-state index contributed by atoms with van der Waals surface area (Å²) in [5, 5.41) is 0. The summed E-state index contributed by atoms with van der Waals surface area (Å²) in [4.78, 5) is 7.14. The quantitative estimate of drug-likeness (QED) is 0.692. The van der Waals surface area contributed by atoms with Crippen molar-refractivity contribution in [2.24, 2.45) is 0 Å². The zero-order valence-corrected chi connectivity index (χ0v) is 7.41. The maximum Gasteiger partial charge on any atom is 0.142 e. The number of imidazole rings is 1. The third-order valence-corrected chi connectivity index (χ3v) is 1.92. The first-order valence-corrected chi connectivity index (χ1v) is 4.13. The molecule has 1 aromatic carbocycles. The van der Waals surface area contributed by atoms with Gasteiger partial charge in [0, 0.05) is 11.8 Å². The minimum atomic E-state index is 0.524. The van der Waals surface area contributed by atoms with Crippen molar-refractivity contribution >= 4 is 5.82 Å². The Morgan fingerprint density at radius 3 is 2.46 bits per heavy atom. The smallest absolute Gasteiger partial charge is 0.142 e. The fourth-order valence-corrected chi connectivity index (χ4v) is 1.20. The van der Waals surface area contributed by atoms with E-state index in [1.54, 1.807) is 6.20 Å². The van der Waals surface area contributed by atoms with Gasteiger partial charge in [-0.15, -0.1) is 0 Å². The molecule has 0 aliphatic carbocycles. The lowest BCUT2D eigenvalue weighted by Gasteiger charge is -1.96. The number of aromatic amines is 1. The molecule has 0 atom stereocenters. The van der Waals surface area contributed by atoms with Gasteiger partial charge in [0.1, 0.15) is 11.6 Å². The highest BCUT2D eigenvalue weighted by atomic mass is 15.0. The van der Waals surface area contributed by atoms with Crippen LogP contribution >= 0.6 is 0 Å². The highest BCUT2D eigenvalue weighted by molar-refractivity contribution is 5.57. The van der Waals surface area contributed by atoms with Crippen LogP contribution in [0.4, 0.5) is 5.82 Å². The van der Waals surface area contributed by atoms with E-state index in [4.69, 9.17) is 5.73 Å². The molecule has 0 unspecified atom stereocenters. The van der Waals surface area contributed by atoms with Crippen LogP contribution in [0.3, 0.4) is 0 Å². The number of nitrogens with one attached hydrogen (secondary N) is 1. The zero-order valence-electron chi connectivity index (χ0n) is 7.41. The van der Waals surface area contributed by atoms with E-state index in [1.807, 2.05) is 24.3 Å². The Kier molecular flexibility index (Phi) is 1.77. The van der Waals surface area contributed by atoms with Gasteiger partial charge in [0.25, 0.3) is 0 Å². The van der Waals surface area contributed by atoms with Crippen LogP contribution in [0, 0.1) is 6.92 Å². The van der Waals surface area contributed by atoms with E-state index in [2.05, 4.69) is 16.9 Å². The molecule has 66 valence electrons. The second-order valence-corrected chi connectivity index (χ2v) is 3.04. The number of H-pyrrole nitrogens is 1. The lowest BCUT2D eigenvalue weighted by atomic mass is 10.1. The Morgan fingerprint density at radius 2 is 1.92 bits per heavy atom. The van der Waals surface area contributed by atoms with Gasteiger partial charge in [0.05, 0.1) is 0 Å². The maximum absolute atomic E-state index is 5.50. The van der Waals surface area contributed by atoms with Crippen LogP contribution in [-0.2, 0) is 0 Å². The number of aromatic nitrogens is 2. The molecule has 0 spiro atoms. The number of aryl methyl sites for hydroxylation is 1. The summed E-state index contributed by atoms with van der Waals surface area (Å²) in [7, 11) is 0. The molecule has 0 aliphatic rings. The van der Waals surface area contributed by atoms with E-state index in [0.717, 1.165) is 11.4 Å². The van der Waals surface area contributed by atoms with Gasteiger partial charge in [-0.25, -0.2) is 4.98 Å². The van der Waals surface area contributed by atoms with Crippen molar-refractivity contribution in [3.63, 3.8) is 0 Å². The topological polar surface area (TPSA) is 54.7 Å². The highest BCUT2D eigenvalue weighted by Gasteiger charge is 2.00. The monoisotopic (exact) mass is 173 g/mol. The Balaban J connectivity index is 2.41. The van der Waals surface area contributed by atoms with E-state index in [-0.39, 0.29) is 0 Å². The molecule has 0 radical (unpaired) electrons. The van der Waals surface area contributed by atoms with Crippen molar-refractivity contribution in [1.82, 2.24) is 9.97 Å². The van der Waals surface area contributed by atoms with E-state index in [0.29, 0.717) is 5.82 Å². The number of rotatable bonds is 1. The van der Waals surface area contributed by atoms with Gasteiger partial charge in [-0.2, -0.15) is 0 Å². The van der Waals surface area contributed by atoms with Crippen LogP contribution in [0.2, 0.25) is 0 Å². The predicted molar refractivity (Wildman–Crippen MR) is 53.2 cm³/mol. The van der Waals surface area contributed by atoms with Crippen molar-refractivity contribution in [2.45, 2.75) is 6.92 Å². The van der Waals surface area contributed by atoms with Crippen molar-refractivity contribution in [3.05, 3.63) is 36.0 Å². The summed E-state index contributed by atoms with van der Waals surface area (Å²) in [6.45, 7) is 2.06. The number of hydrogen-bond acceptors (Lipinski definition) is 2. The number of nitrogen functional groups attached to an aromatic ring is 1. The standard InChI is InChI=1S/C10H11N3/c1-7-2-4-8(5-3-7)10-12-6-9(11)13-10/h2-6H,11H2,1H3,(H,12,13). The third kappa shape index (κ3) is 1.54. The SMILES string of the molecule is Cc1ccc(-c2nc(N)c[nH]2)cc1. The molecular weight excluding hydrogens is 162 g/mol. The average molecular weight is 173 g/mol. The number of hydrogen-bond donors (Lipinski definition) is 2. The molecule has 2 rings (SSSR count). The molecular formula is C10H11N3. The largest absolute Gasteiger partial charge is 0.382 e. The first-order chi connectivity index (χ1) is 6.25. The molecule has 0 saturated carbocycles. The molecule has 13 heavy (non-hydrogen) atoms. The van der Waals surface area contributed by atoms with Crippen LogP contribution in [0.1, 0.15) is 5.56 Å². The fraction of sp³-hybridized carbons (Fsp3) is 0.100. The van der Waals surface area contributed by atoms with Gasteiger partial charge in [-0.3, -0.25) is 0 Å². The molecule has 0 saturated heterocycles. The average Bonchev–Trinajstić information content (AvgIpc) is 2.53. The number of anilines is 1. The lowest BCUT2D eigenvalue weighted by Crippen LogP contribution is -1.84. The van der Waals surface area contributed by atoms with Crippen LogP contribution in [-0.4, -0.2) is 9.97 Å². The normalized spacial score (nSPS) is 10.2. The summed E-state index contributed by atoms with van der Waals surface area (Å²) >= 11 is 0. The first-order valence-electron chi connectivity index (χ1n) is 4.13. The molecule has 1 heterocycles. The van der Waals surface area contributed by atoms with Gasteiger partial charge in [0.2, 0.25) is 0 Å². The molecule has 0 amide bonds. The van der Waals surface area contributed by atoms with E-state index in [9.17, 15) is 0 Å². The lowest BCUT2D eigenvalue weighted by molar-refractivity contribution is 1.30. The second-order valence-electron chi connectivity index (χ2n) is 3.04. The molecule has 3 N–H and O–H groups in total. The Labute approximate surface area is 76.6 Å². The van der Waals surface area contributed by atoms with Gasteiger partial charge >= 0.3 is 0 Å². The summed E-state index contributed by atoms with van der Waals surface area (Å²) in [6, 6.07) is 8.14. The number of benzene rings is 1. The van der Waals surface area contributed by atoms with Gasteiger partial charge < -0.3 is 10.7 Å². The zero-order chi connectivity index (χ0) is 9.26. The summed E-state index contributed by atoms with van der Waals surface area (Å²) in [6.07, 6.45) is 1.69. The molecule has 0 bridgehead atoms. The minimum absolute atomic E-state index is 0.524. The highest BCUT2D eigenvalue weighted by Crippen LogP contribution is 2.16. The predicted octanol–water partition coefficient (Wildman–Crippen LogP) is 1.97. The molecule has 3 nitrogen and oxygen atoms in total. The fourth-order valence-electron chi connectivity index (χ4n) is 1.20. The Hall–Kier alpha value is -1.77. The molecule has 0 fully saturated rings. The van der Waals surface area contributed by atoms with Crippen molar-refractivity contribution < 1.29 is 0 Å². The molecule has 0 aliphatic heterocycles. The van der Waals surface area contributed by atoms with Crippen molar-refractivity contribution in [3.8, 4) is 11.4 Å². The van der Waals surface area contributed by atoms with Crippen LogP contribution in [0.5, 0.6) is 0 Å². The van der Waals surface area contributed by atoms with E-state index < -0.39 is 0 Å². The van der Waals surface area contributed by atoms with Crippen molar-refractivity contribution in [2.75, 3.05) is 5.73 Å². The summed E-state index contributed by atoms with van der Waals surface area (Å²) in [5.41, 5.74) is 7.80. The van der Waals surface area contributed by atoms with Gasteiger partial charge in [0.15, 0.2) is 0 Å². The summed E-state index contributed by atoms with van der Waals surface area (Å²) in [5.74, 6) is 1.34. The molecule has 1 aromatic heterocycles. The third-order valence-electron chi connectivity index (χ3n) is 1.92. The van der Waals surface area contributed by atoms with E-state index in [1.165, 1.54) is 5.56 Å². The van der Waals surface area contributed by atoms with Gasteiger partial charge in [-0.05, 0) is 6.92 Å². The molecule has 3 heteroatoms. The van der Waals surface area contributed by atoms with Gasteiger partial charge in [-0.1, -0.05) is 29.8 Å². The number of nitrogens with two attached hydrogens (primary N) is 1. The van der Waals surface area contributed by atoms with Crippen LogP contribution in [0.25, 0.3) is 11.4 Å². The van der Waals surface area contributed by atoms with Crippen LogP contribution < -0.4 is 5.73 Å². The first kappa shape index (κ1) is 7.86. The van der Waals surface area contributed by atoms with Crippen molar-refractivity contribution in [1.29, 1.82) is 0 Å². The second kappa shape index (κ2) is 2.94.